The predicted octanol–water partition coefficient (Wildman–Crippen LogP) is 3.95. The summed E-state index contributed by atoms with van der Waals surface area (Å²) in [5.74, 6) is 0.0711. The molecule has 1 amide bonds. The van der Waals surface area contributed by atoms with Crippen LogP contribution in [0.4, 0.5) is 0 Å². The van der Waals surface area contributed by atoms with E-state index in [1.807, 2.05) is 43.3 Å². The lowest BCUT2D eigenvalue weighted by molar-refractivity contribution is 0.0999. The zero-order valence-corrected chi connectivity index (χ0v) is 17.8. The Labute approximate surface area is 185 Å². The van der Waals surface area contributed by atoms with E-state index in [-0.39, 0.29) is 6.61 Å². The SMILES string of the molecule is Cc1ccc(-c2ncn(C)c2C=O)cc1-c1cc(C(N)=O)ccc1OCc1ccccn1. The van der Waals surface area contributed by atoms with Crippen molar-refractivity contribution in [2.75, 3.05) is 0 Å². The lowest BCUT2D eigenvalue weighted by Gasteiger charge is -2.15. The summed E-state index contributed by atoms with van der Waals surface area (Å²) in [4.78, 5) is 32.1. The van der Waals surface area contributed by atoms with Gasteiger partial charge in [0.15, 0.2) is 6.29 Å². The summed E-state index contributed by atoms with van der Waals surface area (Å²) in [5, 5.41) is 0. The van der Waals surface area contributed by atoms with E-state index in [0.29, 0.717) is 22.7 Å². The Hall–Kier alpha value is -4.26. The summed E-state index contributed by atoms with van der Waals surface area (Å²) >= 11 is 0. The van der Waals surface area contributed by atoms with E-state index in [1.54, 1.807) is 42.3 Å². The molecule has 0 unspecified atom stereocenters. The molecule has 2 heterocycles. The third-order valence-electron chi connectivity index (χ3n) is 5.26. The highest BCUT2D eigenvalue weighted by Gasteiger charge is 2.16. The molecule has 2 aromatic heterocycles. The Balaban J connectivity index is 1.81. The van der Waals surface area contributed by atoms with E-state index < -0.39 is 5.91 Å². The molecule has 4 aromatic rings. The molecule has 2 aromatic carbocycles. The number of nitrogens with two attached hydrogens (primary N) is 1. The first-order chi connectivity index (χ1) is 15.5. The third kappa shape index (κ3) is 4.13. The van der Waals surface area contributed by atoms with Crippen LogP contribution in [0.5, 0.6) is 5.75 Å². The van der Waals surface area contributed by atoms with Gasteiger partial charge in [0, 0.05) is 29.9 Å². The van der Waals surface area contributed by atoms with Crippen LogP contribution in [0.2, 0.25) is 0 Å². The number of amides is 1. The van der Waals surface area contributed by atoms with Crippen molar-refractivity contribution in [3.8, 4) is 28.1 Å². The summed E-state index contributed by atoms with van der Waals surface area (Å²) in [6.45, 7) is 2.25. The van der Waals surface area contributed by atoms with Crippen molar-refractivity contribution in [1.29, 1.82) is 0 Å². The fourth-order valence-corrected chi connectivity index (χ4v) is 3.52. The van der Waals surface area contributed by atoms with Crippen LogP contribution in [-0.4, -0.2) is 26.7 Å². The number of nitrogens with zero attached hydrogens (tertiary/aromatic N) is 3. The smallest absolute Gasteiger partial charge is 0.248 e. The summed E-state index contributed by atoms with van der Waals surface area (Å²) < 4.78 is 7.75. The Bertz CT molecular complexity index is 1300. The van der Waals surface area contributed by atoms with E-state index in [0.717, 1.165) is 34.2 Å². The first-order valence-electron chi connectivity index (χ1n) is 10.0. The lowest BCUT2D eigenvalue weighted by Crippen LogP contribution is -2.11. The van der Waals surface area contributed by atoms with Gasteiger partial charge < -0.3 is 15.0 Å². The first kappa shape index (κ1) is 21.0. The summed E-state index contributed by atoms with van der Waals surface area (Å²) in [7, 11) is 1.77. The van der Waals surface area contributed by atoms with Gasteiger partial charge >= 0.3 is 0 Å². The van der Waals surface area contributed by atoms with Crippen LogP contribution in [0.1, 0.15) is 32.1 Å². The highest BCUT2D eigenvalue weighted by molar-refractivity contribution is 5.95. The van der Waals surface area contributed by atoms with E-state index in [9.17, 15) is 9.59 Å². The minimum absolute atomic E-state index is 0.276. The van der Waals surface area contributed by atoms with Gasteiger partial charge in [0.2, 0.25) is 5.91 Å². The molecule has 0 atom stereocenters. The third-order valence-corrected chi connectivity index (χ3v) is 5.26. The molecule has 4 rings (SSSR count). The number of hydrogen-bond donors (Lipinski definition) is 1. The van der Waals surface area contributed by atoms with E-state index >= 15 is 0 Å². The minimum Gasteiger partial charge on any atom is -0.487 e. The second-order valence-corrected chi connectivity index (χ2v) is 7.42. The zero-order valence-electron chi connectivity index (χ0n) is 17.8. The van der Waals surface area contributed by atoms with Crippen LogP contribution in [0, 0.1) is 6.92 Å². The number of ether oxygens (including phenoxy) is 1. The Morgan fingerprint density at radius 1 is 1.09 bits per heavy atom. The molecule has 0 aliphatic rings. The molecule has 0 spiro atoms. The van der Waals surface area contributed by atoms with Crippen LogP contribution in [0.25, 0.3) is 22.4 Å². The molecule has 32 heavy (non-hydrogen) atoms. The van der Waals surface area contributed by atoms with Crippen LogP contribution in [0.3, 0.4) is 0 Å². The standard InChI is InChI=1S/C25H22N4O3/c1-16-6-7-17(24-22(13-30)29(2)15-28-24)11-20(16)21-12-18(25(26)31)8-9-23(21)32-14-19-5-3-4-10-27-19/h3-13,15H,14H2,1-2H3,(H2,26,31). The molecule has 0 saturated heterocycles. The second kappa shape index (κ2) is 8.85. The fraction of sp³-hybridized carbons (Fsp3) is 0.120. The summed E-state index contributed by atoms with van der Waals surface area (Å²) in [6, 6.07) is 16.5. The molecule has 160 valence electrons. The number of aryl methyl sites for hydroxylation is 2. The van der Waals surface area contributed by atoms with E-state index in [4.69, 9.17) is 10.5 Å². The predicted molar refractivity (Wildman–Crippen MR) is 121 cm³/mol. The van der Waals surface area contributed by atoms with Crippen molar-refractivity contribution >= 4 is 12.2 Å². The highest BCUT2D eigenvalue weighted by Crippen LogP contribution is 2.36. The number of primary amides is 1. The van der Waals surface area contributed by atoms with Crippen molar-refractivity contribution in [1.82, 2.24) is 14.5 Å². The summed E-state index contributed by atoms with van der Waals surface area (Å²) in [5.41, 5.74) is 11.1. The number of imidazole rings is 1. The van der Waals surface area contributed by atoms with Gasteiger partial charge in [-0.05, 0) is 54.4 Å². The monoisotopic (exact) mass is 426 g/mol. The van der Waals surface area contributed by atoms with Gasteiger partial charge in [-0.25, -0.2) is 4.98 Å². The largest absolute Gasteiger partial charge is 0.487 e. The quantitative estimate of drug-likeness (QED) is 0.451. The highest BCUT2D eigenvalue weighted by atomic mass is 16.5. The number of carbonyl (C=O) groups is 2. The Kier molecular flexibility index (Phi) is 5.81. The van der Waals surface area contributed by atoms with Gasteiger partial charge in [0.25, 0.3) is 0 Å². The number of pyridine rings is 1. The molecule has 0 aliphatic carbocycles. The maximum Gasteiger partial charge on any atom is 0.248 e. The van der Waals surface area contributed by atoms with Crippen molar-refractivity contribution in [3.05, 3.63) is 89.6 Å². The molecular formula is C25H22N4O3. The number of rotatable bonds is 7. The number of carbonyl (C=O) groups excluding carboxylic acids is 2. The van der Waals surface area contributed by atoms with Crippen molar-refractivity contribution in [2.45, 2.75) is 13.5 Å². The van der Waals surface area contributed by atoms with Crippen LogP contribution in [0.15, 0.2) is 67.1 Å². The van der Waals surface area contributed by atoms with E-state index in [2.05, 4.69) is 9.97 Å². The maximum absolute atomic E-state index is 11.9. The van der Waals surface area contributed by atoms with Gasteiger partial charge in [-0.3, -0.25) is 14.6 Å². The molecule has 2 N–H and O–H groups in total. The zero-order chi connectivity index (χ0) is 22.7. The average molecular weight is 426 g/mol. The van der Waals surface area contributed by atoms with Gasteiger partial charge in [0.1, 0.15) is 18.1 Å². The maximum atomic E-state index is 11.9. The molecule has 0 fully saturated rings. The topological polar surface area (TPSA) is 100 Å². The lowest BCUT2D eigenvalue weighted by atomic mass is 9.94. The average Bonchev–Trinajstić information content (AvgIpc) is 3.19. The molecule has 7 nitrogen and oxygen atoms in total. The number of benzene rings is 2. The molecule has 0 saturated carbocycles. The first-order valence-corrected chi connectivity index (χ1v) is 10.0. The Morgan fingerprint density at radius 3 is 2.66 bits per heavy atom. The van der Waals surface area contributed by atoms with Gasteiger partial charge in [-0.1, -0.05) is 18.2 Å². The van der Waals surface area contributed by atoms with Gasteiger partial charge in [0.05, 0.1) is 17.7 Å². The van der Waals surface area contributed by atoms with Gasteiger partial charge in [-0.15, -0.1) is 0 Å². The van der Waals surface area contributed by atoms with Crippen LogP contribution < -0.4 is 10.5 Å². The Morgan fingerprint density at radius 2 is 1.94 bits per heavy atom. The molecule has 0 radical (unpaired) electrons. The number of aldehydes is 1. The summed E-state index contributed by atoms with van der Waals surface area (Å²) in [6.07, 6.45) is 4.10. The minimum atomic E-state index is -0.524. The molecule has 0 bridgehead atoms. The number of aromatic nitrogens is 3. The van der Waals surface area contributed by atoms with E-state index in [1.165, 1.54) is 0 Å². The fourth-order valence-electron chi connectivity index (χ4n) is 3.52. The van der Waals surface area contributed by atoms with Crippen LogP contribution >= 0.6 is 0 Å². The van der Waals surface area contributed by atoms with Crippen molar-refractivity contribution < 1.29 is 14.3 Å². The second-order valence-electron chi connectivity index (χ2n) is 7.42. The molecule has 0 aliphatic heterocycles. The van der Waals surface area contributed by atoms with Crippen molar-refractivity contribution in [2.24, 2.45) is 12.8 Å². The molecular weight excluding hydrogens is 404 g/mol. The van der Waals surface area contributed by atoms with Crippen molar-refractivity contribution in [3.63, 3.8) is 0 Å². The van der Waals surface area contributed by atoms with Gasteiger partial charge in [-0.2, -0.15) is 0 Å². The normalized spacial score (nSPS) is 10.7. The number of hydrogen-bond acceptors (Lipinski definition) is 5. The molecule has 7 heteroatoms. The van der Waals surface area contributed by atoms with Crippen LogP contribution in [-0.2, 0) is 13.7 Å².